The highest BCUT2D eigenvalue weighted by atomic mass is 32.1. The number of hydrogen-bond donors (Lipinski definition) is 2. The van der Waals surface area contributed by atoms with Gasteiger partial charge in [-0.2, -0.15) is 5.10 Å². The van der Waals surface area contributed by atoms with E-state index in [9.17, 15) is 4.79 Å². The van der Waals surface area contributed by atoms with E-state index in [0.717, 1.165) is 30.7 Å². The second kappa shape index (κ2) is 6.51. The number of rotatable bonds is 6. The highest BCUT2D eigenvalue weighted by Crippen LogP contribution is 2.48. The molecule has 0 spiro atoms. The molecule has 128 valence electrons. The SMILES string of the molecule is CCc1n[nH]c(=S)n1CCNC(=O)C1(c2cc(C)cc(C)c2)CC1. The molecule has 0 bridgehead atoms. The van der Waals surface area contributed by atoms with Gasteiger partial charge < -0.3 is 9.88 Å². The lowest BCUT2D eigenvalue weighted by Gasteiger charge is -2.17. The van der Waals surface area contributed by atoms with Gasteiger partial charge in [0.1, 0.15) is 5.82 Å². The molecular weight excluding hydrogens is 320 g/mol. The summed E-state index contributed by atoms with van der Waals surface area (Å²) in [6.07, 6.45) is 2.66. The van der Waals surface area contributed by atoms with E-state index in [1.165, 1.54) is 11.1 Å². The first-order valence-electron chi connectivity index (χ1n) is 8.47. The summed E-state index contributed by atoms with van der Waals surface area (Å²) in [5, 5.41) is 10.1. The molecule has 0 atom stereocenters. The number of amides is 1. The highest BCUT2D eigenvalue weighted by molar-refractivity contribution is 7.71. The molecule has 2 aromatic rings. The van der Waals surface area contributed by atoms with E-state index in [0.29, 0.717) is 17.9 Å². The van der Waals surface area contributed by atoms with Crippen molar-refractivity contribution in [1.82, 2.24) is 20.1 Å². The first-order valence-corrected chi connectivity index (χ1v) is 8.88. The maximum absolute atomic E-state index is 12.7. The highest BCUT2D eigenvalue weighted by Gasteiger charge is 2.51. The largest absolute Gasteiger partial charge is 0.354 e. The summed E-state index contributed by atoms with van der Waals surface area (Å²) in [7, 11) is 0. The van der Waals surface area contributed by atoms with Gasteiger partial charge in [-0.15, -0.1) is 0 Å². The Morgan fingerprint density at radius 3 is 2.58 bits per heavy atom. The van der Waals surface area contributed by atoms with Crippen molar-refractivity contribution in [3.8, 4) is 0 Å². The van der Waals surface area contributed by atoms with Crippen LogP contribution in [0.3, 0.4) is 0 Å². The van der Waals surface area contributed by atoms with Crippen molar-refractivity contribution in [3.05, 3.63) is 45.5 Å². The average Bonchev–Trinajstić information content (AvgIpc) is 3.27. The lowest BCUT2D eigenvalue weighted by Crippen LogP contribution is -2.36. The van der Waals surface area contributed by atoms with Crippen LogP contribution < -0.4 is 5.32 Å². The Kier molecular flexibility index (Phi) is 4.58. The monoisotopic (exact) mass is 344 g/mol. The standard InChI is InChI=1S/C18H24N4OS/c1-4-15-20-21-17(24)22(15)8-7-19-16(23)18(5-6-18)14-10-12(2)9-13(3)11-14/h9-11H,4-8H2,1-3H3,(H,19,23)(H,21,24). The number of nitrogens with zero attached hydrogens (tertiary/aromatic N) is 2. The van der Waals surface area contributed by atoms with Gasteiger partial charge in [-0.25, -0.2) is 0 Å². The zero-order valence-electron chi connectivity index (χ0n) is 14.5. The zero-order chi connectivity index (χ0) is 17.3. The molecule has 1 heterocycles. The molecule has 5 nitrogen and oxygen atoms in total. The fraction of sp³-hybridized carbons (Fsp3) is 0.500. The Balaban J connectivity index is 1.67. The molecule has 1 aromatic heterocycles. The summed E-state index contributed by atoms with van der Waals surface area (Å²) in [6.45, 7) is 7.41. The molecule has 0 radical (unpaired) electrons. The van der Waals surface area contributed by atoms with E-state index < -0.39 is 0 Å². The number of hydrogen-bond acceptors (Lipinski definition) is 3. The predicted molar refractivity (Wildman–Crippen MR) is 96.6 cm³/mol. The van der Waals surface area contributed by atoms with Crippen LogP contribution in [0.2, 0.25) is 0 Å². The van der Waals surface area contributed by atoms with Gasteiger partial charge in [-0.1, -0.05) is 36.2 Å². The summed E-state index contributed by atoms with van der Waals surface area (Å²) in [4.78, 5) is 12.7. The van der Waals surface area contributed by atoms with E-state index in [-0.39, 0.29) is 11.3 Å². The van der Waals surface area contributed by atoms with Gasteiger partial charge in [-0.05, 0) is 44.5 Å². The van der Waals surface area contributed by atoms with Crippen LogP contribution in [0.5, 0.6) is 0 Å². The number of aryl methyl sites for hydroxylation is 3. The quantitative estimate of drug-likeness (QED) is 0.792. The number of H-pyrrole nitrogens is 1. The fourth-order valence-corrected chi connectivity index (χ4v) is 3.57. The normalized spacial score (nSPS) is 15.3. The number of nitrogens with one attached hydrogen (secondary N) is 2. The number of benzene rings is 1. The molecule has 3 rings (SSSR count). The van der Waals surface area contributed by atoms with Crippen LogP contribution in [0.15, 0.2) is 18.2 Å². The predicted octanol–water partition coefficient (Wildman–Crippen LogP) is 2.97. The number of carbonyl (C=O) groups excluding carboxylic acids is 1. The Labute approximate surface area is 147 Å². The van der Waals surface area contributed by atoms with Crippen LogP contribution in [0, 0.1) is 18.6 Å². The van der Waals surface area contributed by atoms with E-state index in [1.54, 1.807) is 0 Å². The summed E-state index contributed by atoms with van der Waals surface area (Å²) < 4.78 is 2.56. The van der Waals surface area contributed by atoms with Gasteiger partial charge in [0, 0.05) is 19.5 Å². The van der Waals surface area contributed by atoms with Crippen molar-refractivity contribution in [2.45, 2.75) is 52.0 Å². The van der Waals surface area contributed by atoms with Gasteiger partial charge in [-0.3, -0.25) is 9.89 Å². The van der Waals surface area contributed by atoms with Gasteiger partial charge in [0.05, 0.1) is 5.41 Å². The fourth-order valence-electron chi connectivity index (χ4n) is 3.32. The van der Waals surface area contributed by atoms with Crippen molar-refractivity contribution >= 4 is 18.1 Å². The lowest BCUT2D eigenvalue weighted by molar-refractivity contribution is -0.123. The Hall–Kier alpha value is -1.95. The second-order valence-corrected chi connectivity index (χ2v) is 7.05. The van der Waals surface area contributed by atoms with Crippen LogP contribution in [0.1, 0.15) is 42.3 Å². The van der Waals surface area contributed by atoms with E-state index in [1.807, 2.05) is 11.5 Å². The summed E-state index contributed by atoms with van der Waals surface area (Å²) in [5.74, 6) is 1.05. The topological polar surface area (TPSA) is 62.7 Å². The maximum atomic E-state index is 12.7. The smallest absolute Gasteiger partial charge is 0.230 e. The minimum Gasteiger partial charge on any atom is -0.354 e. The second-order valence-electron chi connectivity index (χ2n) is 6.66. The Morgan fingerprint density at radius 2 is 2.00 bits per heavy atom. The third-order valence-corrected chi connectivity index (χ3v) is 5.05. The van der Waals surface area contributed by atoms with Gasteiger partial charge in [0.15, 0.2) is 4.77 Å². The van der Waals surface area contributed by atoms with E-state index in [2.05, 4.69) is 47.6 Å². The minimum absolute atomic E-state index is 0.126. The van der Waals surface area contributed by atoms with Gasteiger partial charge >= 0.3 is 0 Å². The molecule has 1 aliphatic rings. The molecule has 0 saturated heterocycles. The van der Waals surface area contributed by atoms with Gasteiger partial charge in [0.25, 0.3) is 0 Å². The third kappa shape index (κ3) is 3.15. The Bertz CT molecular complexity index is 796. The van der Waals surface area contributed by atoms with E-state index >= 15 is 0 Å². The summed E-state index contributed by atoms with van der Waals surface area (Å²) in [5.41, 5.74) is 3.23. The summed E-state index contributed by atoms with van der Waals surface area (Å²) >= 11 is 5.24. The molecule has 1 aromatic carbocycles. The molecule has 0 aliphatic heterocycles. The molecule has 6 heteroatoms. The van der Waals surface area contributed by atoms with Crippen molar-refractivity contribution in [1.29, 1.82) is 0 Å². The zero-order valence-corrected chi connectivity index (χ0v) is 15.3. The molecule has 1 fully saturated rings. The van der Waals surface area contributed by atoms with Crippen molar-refractivity contribution in [3.63, 3.8) is 0 Å². The molecule has 2 N–H and O–H groups in total. The van der Waals surface area contributed by atoms with Crippen LogP contribution in [-0.2, 0) is 23.2 Å². The van der Waals surface area contributed by atoms with E-state index in [4.69, 9.17) is 12.2 Å². The maximum Gasteiger partial charge on any atom is 0.230 e. The molecular formula is C18H24N4OS. The number of aromatic amines is 1. The van der Waals surface area contributed by atoms with Crippen LogP contribution in [-0.4, -0.2) is 27.2 Å². The van der Waals surface area contributed by atoms with Crippen LogP contribution >= 0.6 is 12.2 Å². The third-order valence-electron chi connectivity index (χ3n) is 4.73. The molecule has 1 saturated carbocycles. The molecule has 1 amide bonds. The van der Waals surface area contributed by atoms with Crippen molar-refractivity contribution < 1.29 is 4.79 Å². The first kappa shape index (κ1) is 16.9. The number of aromatic nitrogens is 3. The molecule has 24 heavy (non-hydrogen) atoms. The van der Waals surface area contributed by atoms with Crippen molar-refractivity contribution in [2.24, 2.45) is 0 Å². The lowest BCUT2D eigenvalue weighted by atomic mass is 9.92. The van der Waals surface area contributed by atoms with Crippen LogP contribution in [0.4, 0.5) is 0 Å². The minimum atomic E-state index is -0.331. The molecule has 1 aliphatic carbocycles. The summed E-state index contributed by atoms with van der Waals surface area (Å²) in [6, 6.07) is 6.42. The van der Waals surface area contributed by atoms with Crippen molar-refractivity contribution in [2.75, 3.05) is 6.54 Å². The number of carbonyl (C=O) groups is 1. The van der Waals surface area contributed by atoms with Gasteiger partial charge in [0.2, 0.25) is 5.91 Å². The first-order chi connectivity index (χ1) is 11.5. The molecule has 0 unspecified atom stereocenters. The average molecular weight is 344 g/mol. The van der Waals surface area contributed by atoms with Crippen LogP contribution in [0.25, 0.3) is 0 Å². The Morgan fingerprint density at radius 1 is 1.33 bits per heavy atom.